The summed E-state index contributed by atoms with van der Waals surface area (Å²) < 4.78 is 16.8. The summed E-state index contributed by atoms with van der Waals surface area (Å²) in [6.07, 6.45) is 4.49. The smallest absolute Gasteiger partial charge is 0.205 e. The number of allylic oxidation sites excluding steroid dienone is 1. The van der Waals surface area contributed by atoms with E-state index in [1.165, 1.54) is 26.6 Å². The molecule has 0 saturated heterocycles. The van der Waals surface area contributed by atoms with Gasteiger partial charge in [0.1, 0.15) is 11.3 Å². The lowest BCUT2D eigenvalue weighted by molar-refractivity contribution is 0.104. The highest BCUT2D eigenvalue weighted by atomic mass is 79.9. The molecular formula is C19H15BrO5. The van der Waals surface area contributed by atoms with E-state index in [2.05, 4.69) is 15.9 Å². The number of fused-ring (bicyclic) bond motifs is 1. The first kappa shape index (κ1) is 17.1. The van der Waals surface area contributed by atoms with E-state index in [0.29, 0.717) is 11.0 Å². The summed E-state index contributed by atoms with van der Waals surface area (Å²) >= 11 is 3.36. The van der Waals surface area contributed by atoms with Crippen LogP contribution >= 0.6 is 15.9 Å². The maximum absolute atomic E-state index is 12.7. The van der Waals surface area contributed by atoms with Gasteiger partial charge < -0.3 is 19.0 Å². The van der Waals surface area contributed by atoms with Gasteiger partial charge in [0.25, 0.3) is 0 Å². The van der Waals surface area contributed by atoms with Gasteiger partial charge in [-0.25, -0.2) is 0 Å². The summed E-state index contributed by atoms with van der Waals surface area (Å²) in [4.78, 5) is 12.7. The number of carbonyl (C=O) groups excluding carboxylic acids is 1. The van der Waals surface area contributed by atoms with Crippen LogP contribution in [-0.2, 0) is 0 Å². The Labute approximate surface area is 152 Å². The lowest BCUT2D eigenvalue weighted by Gasteiger charge is -2.13. The average molecular weight is 403 g/mol. The zero-order valence-corrected chi connectivity index (χ0v) is 15.2. The van der Waals surface area contributed by atoms with Crippen LogP contribution in [0.3, 0.4) is 0 Å². The van der Waals surface area contributed by atoms with E-state index in [1.807, 2.05) is 24.3 Å². The normalized spacial score (nSPS) is 11.2. The molecule has 3 aromatic rings. The molecule has 0 aliphatic rings. The van der Waals surface area contributed by atoms with Crippen LogP contribution in [0.15, 0.2) is 51.6 Å². The van der Waals surface area contributed by atoms with E-state index >= 15 is 0 Å². The fourth-order valence-corrected chi connectivity index (χ4v) is 2.85. The van der Waals surface area contributed by atoms with Gasteiger partial charge in [-0.1, -0.05) is 34.1 Å². The maximum Gasteiger partial charge on any atom is 0.205 e. The number of methoxy groups -OCH3 is 2. The largest absolute Gasteiger partial charge is 0.504 e. The van der Waals surface area contributed by atoms with Crippen LogP contribution < -0.4 is 9.47 Å². The van der Waals surface area contributed by atoms with Gasteiger partial charge in [0.2, 0.25) is 5.75 Å². The molecule has 1 N–H and O–H groups in total. The summed E-state index contributed by atoms with van der Waals surface area (Å²) in [5.74, 6) is -0.375. The number of phenolic OH excluding ortho intramolecular Hbond substituents is 1. The number of rotatable bonds is 5. The average Bonchev–Trinajstić information content (AvgIpc) is 3.09. The van der Waals surface area contributed by atoms with Gasteiger partial charge in [0.15, 0.2) is 17.1 Å². The van der Waals surface area contributed by atoms with Crippen molar-refractivity contribution in [1.82, 2.24) is 0 Å². The number of aromatic hydroxyl groups is 1. The van der Waals surface area contributed by atoms with Gasteiger partial charge in [-0.2, -0.15) is 0 Å². The quantitative estimate of drug-likeness (QED) is 0.489. The Hall–Kier alpha value is -2.73. The second-order valence-corrected chi connectivity index (χ2v) is 6.12. The molecule has 0 spiro atoms. The van der Waals surface area contributed by atoms with Gasteiger partial charge in [-0.15, -0.1) is 0 Å². The molecule has 0 aliphatic carbocycles. The molecule has 0 saturated carbocycles. The number of carbonyl (C=O) groups is 1. The van der Waals surface area contributed by atoms with Gasteiger partial charge >= 0.3 is 0 Å². The van der Waals surface area contributed by atoms with Crippen LogP contribution in [0.5, 0.6) is 17.2 Å². The van der Waals surface area contributed by atoms with Crippen molar-refractivity contribution < 1.29 is 23.8 Å². The minimum Gasteiger partial charge on any atom is -0.504 e. The zero-order valence-electron chi connectivity index (χ0n) is 13.6. The standard InChI is InChI=1S/C19H15BrO5/c1-23-17-13-9-10-25-18(13)19(24-2)16(22)15(17)14(21)8-5-11-3-6-12(20)7-4-11/h3-10,22H,1-2H3. The first-order chi connectivity index (χ1) is 12.1. The minimum absolute atomic E-state index is 0.0293. The Morgan fingerprint density at radius 1 is 1.12 bits per heavy atom. The van der Waals surface area contributed by atoms with Crippen molar-refractivity contribution in [2.45, 2.75) is 0 Å². The molecule has 0 unspecified atom stereocenters. The molecule has 0 aliphatic heterocycles. The molecular weight excluding hydrogens is 388 g/mol. The Kier molecular flexibility index (Phi) is 4.81. The van der Waals surface area contributed by atoms with E-state index in [9.17, 15) is 9.90 Å². The first-order valence-corrected chi connectivity index (χ1v) is 8.18. The second-order valence-electron chi connectivity index (χ2n) is 5.20. The molecule has 25 heavy (non-hydrogen) atoms. The SMILES string of the molecule is COc1c(C(=O)C=Cc2ccc(Br)cc2)c(O)c(OC)c2occc12. The van der Waals surface area contributed by atoms with E-state index in [1.54, 1.807) is 12.1 Å². The molecule has 0 amide bonds. The van der Waals surface area contributed by atoms with Crippen molar-refractivity contribution >= 4 is 38.8 Å². The van der Waals surface area contributed by atoms with E-state index in [-0.39, 0.29) is 22.8 Å². The van der Waals surface area contributed by atoms with Crippen LogP contribution in [-0.4, -0.2) is 25.1 Å². The highest BCUT2D eigenvalue weighted by Crippen LogP contribution is 2.45. The Morgan fingerprint density at radius 2 is 1.80 bits per heavy atom. The molecule has 2 aromatic carbocycles. The Morgan fingerprint density at radius 3 is 2.44 bits per heavy atom. The predicted octanol–water partition coefficient (Wildman–Crippen LogP) is 4.81. The van der Waals surface area contributed by atoms with Crippen LogP contribution in [0.2, 0.25) is 0 Å². The third-order valence-electron chi connectivity index (χ3n) is 3.75. The van der Waals surface area contributed by atoms with Crippen molar-refractivity contribution in [3.63, 3.8) is 0 Å². The van der Waals surface area contributed by atoms with Gasteiger partial charge in [0.05, 0.1) is 25.9 Å². The molecule has 128 valence electrons. The summed E-state index contributed by atoms with van der Waals surface area (Å²) in [5.41, 5.74) is 1.21. The number of hydrogen-bond donors (Lipinski definition) is 1. The highest BCUT2D eigenvalue weighted by molar-refractivity contribution is 9.10. The molecule has 5 nitrogen and oxygen atoms in total. The number of ketones is 1. The Balaban J connectivity index is 2.09. The number of hydrogen-bond acceptors (Lipinski definition) is 5. The highest BCUT2D eigenvalue weighted by Gasteiger charge is 2.26. The first-order valence-electron chi connectivity index (χ1n) is 7.39. The molecule has 6 heteroatoms. The number of benzene rings is 2. The molecule has 1 heterocycles. The predicted molar refractivity (Wildman–Crippen MR) is 98.5 cm³/mol. The summed E-state index contributed by atoms with van der Waals surface area (Å²) in [7, 11) is 2.83. The molecule has 0 radical (unpaired) electrons. The van der Waals surface area contributed by atoms with E-state index in [0.717, 1.165) is 10.0 Å². The van der Waals surface area contributed by atoms with Crippen LogP contribution in [0, 0.1) is 0 Å². The van der Waals surface area contributed by atoms with Gasteiger partial charge in [-0.3, -0.25) is 4.79 Å². The summed E-state index contributed by atoms with van der Waals surface area (Å²) in [6.45, 7) is 0. The number of phenols is 1. The zero-order chi connectivity index (χ0) is 18.0. The molecule has 0 atom stereocenters. The van der Waals surface area contributed by atoms with E-state index < -0.39 is 5.78 Å². The van der Waals surface area contributed by atoms with Crippen molar-refractivity contribution in [1.29, 1.82) is 0 Å². The van der Waals surface area contributed by atoms with Crippen molar-refractivity contribution in [3.8, 4) is 17.2 Å². The summed E-state index contributed by atoms with van der Waals surface area (Å²) in [6, 6.07) is 9.15. The van der Waals surface area contributed by atoms with E-state index in [4.69, 9.17) is 13.9 Å². The molecule has 0 bridgehead atoms. The van der Waals surface area contributed by atoms with Crippen molar-refractivity contribution in [2.75, 3.05) is 14.2 Å². The lowest BCUT2D eigenvalue weighted by Crippen LogP contribution is -2.02. The third-order valence-corrected chi connectivity index (χ3v) is 4.28. The van der Waals surface area contributed by atoms with Crippen molar-refractivity contribution in [2.24, 2.45) is 0 Å². The minimum atomic E-state index is -0.404. The monoisotopic (exact) mass is 402 g/mol. The van der Waals surface area contributed by atoms with Gasteiger partial charge in [0, 0.05) is 4.47 Å². The van der Waals surface area contributed by atoms with Crippen LogP contribution in [0.1, 0.15) is 15.9 Å². The number of furan rings is 1. The third kappa shape index (κ3) is 3.13. The Bertz CT molecular complexity index is 954. The molecule has 0 fully saturated rings. The van der Waals surface area contributed by atoms with Crippen molar-refractivity contribution in [3.05, 3.63) is 58.3 Å². The number of halogens is 1. The van der Waals surface area contributed by atoms with Gasteiger partial charge in [-0.05, 0) is 29.8 Å². The maximum atomic E-state index is 12.7. The fraction of sp³-hybridized carbons (Fsp3) is 0.105. The molecule has 3 rings (SSSR count). The second kappa shape index (κ2) is 7.03. The topological polar surface area (TPSA) is 68.9 Å². The van der Waals surface area contributed by atoms with Crippen LogP contribution in [0.4, 0.5) is 0 Å². The fourth-order valence-electron chi connectivity index (χ4n) is 2.59. The lowest BCUT2D eigenvalue weighted by atomic mass is 10.0. The van der Waals surface area contributed by atoms with Crippen LogP contribution in [0.25, 0.3) is 17.0 Å². The number of ether oxygens (including phenoxy) is 2. The summed E-state index contributed by atoms with van der Waals surface area (Å²) in [5, 5.41) is 11.0. The molecule has 1 aromatic heterocycles.